The molecule has 0 fully saturated rings. The van der Waals surface area contributed by atoms with Gasteiger partial charge in [-0.25, -0.2) is 0 Å². The third-order valence-corrected chi connectivity index (χ3v) is 1.94. The van der Waals surface area contributed by atoms with E-state index in [0.29, 0.717) is 0 Å². The minimum Gasteiger partial charge on any atom is -0.298 e. The summed E-state index contributed by atoms with van der Waals surface area (Å²) in [7, 11) is 0. The molecule has 0 bridgehead atoms. The maximum Gasteiger partial charge on any atom is 0.0550 e. The van der Waals surface area contributed by atoms with E-state index in [1.807, 2.05) is 12.1 Å². The molecule has 0 amide bonds. The normalized spacial score (nSPS) is 10.6. The standard InChI is InChI=1S/C10H15N2/c1-3-12(4-2)9-10-7-5-6-8-11-10/h6-8H,3-4,9H2,1-2H3. The minimum atomic E-state index is 0.935. The lowest BCUT2D eigenvalue weighted by atomic mass is 10.3. The van der Waals surface area contributed by atoms with Gasteiger partial charge in [0.05, 0.1) is 5.69 Å². The van der Waals surface area contributed by atoms with Crippen LogP contribution in [-0.2, 0) is 6.54 Å². The Balaban J connectivity index is 2.51. The molecule has 0 unspecified atom stereocenters. The fourth-order valence-corrected chi connectivity index (χ4v) is 1.12. The Labute approximate surface area is 74.2 Å². The summed E-state index contributed by atoms with van der Waals surface area (Å²) in [6.45, 7) is 7.41. The van der Waals surface area contributed by atoms with Gasteiger partial charge < -0.3 is 0 Å². The van der Waals surface area contributed by atoms with Gasteiger partial charge in [-0.2, -0.15) is 0 Å². The van der Waals surface area contributed by atoms with Gasteiger partial charge in [-0.3, -0.25) is 9.88 Å². The molecular formula is C10H15N2. The van der Waals surface area contributed by atoms with Gasteiger partial charge in [0.2, 0.25) is 0 Å². The maximum absolute atomic E-state index is 4.24. The summed E-state index contributed by atoms with van der Waals surface area (Å²) in [5, 5.41) is 0. The van der Waals surface area contributed by atoms with E-state index in [2.05, 4.69) is 29.8 Å². The van der Waals surface area contributed by atoms with Crippen molar-refractivity contribution in [1.82, 2.24) is 9.88 Å². The molecule has 0 aliphatic carbocycles. The second kappa shape index (κ2) is 4.88. The van der Waals surface area contributed by atoms with Crippen molar-refractivity contribution in [2.75, 3.05) is 13.1 Å². The SMILES string of the molecule is CCN(CC)Cc1c[c]ccn1. The van der Waals surface area contributed by atoms with Gasteiger partial charge in [-0.15, -0.1) is 0 Å². The van der Waals surface area contributed by atoms with Gasteiger partial charge in [0.15, 0.2) is 0 Å². The Morgan fingerprint density at radius 3 is 2.67 bits per heavy atom. The van der Waals surface area contributed by atoms with E-state index in [1.54, 1.807) is 6.20 Å². The summed E-state index contributed by atoms with van der Waals surface area (Å²) >= 11 is 0. The van der Waals surface area contributed by atoms with E-state index in [9.17, 15) is 0 Å². The number of aromatic nitrogens is 1. The Hall–Kier alpha value is -0.890. The number of hydrogen-bond acceptors (Lipinski definition) is 2. The minimum absolute atomic E-state index is 0.935. The van der Waals surface area contributed by atoms with Crippen LogP contribution in [-0.4, -0.2) is 23.0 Å². The Bertz CT molecular complexity index is 204. The number of rotatable bonds is 4. The first kappa shape index (κ1) is 9.20. The van der Waals surface area contributed by atoms with E-state index in [0.717, 1.165) is 25.3 Å². The van der Waals surface area contributed by atoms with E-state index >= 15 is 0 Å². The van der Waals surface area contributed by atoms with Crippen LogP contribution in [0.2, 0.25) is 0 Å². The molecule has 0 aliphatic rings. The van der Waals surface area contributed by atoms with Crippen molar-refractivity contribution >= 4 is 0 Å². The molecule has 0 aliphatic heterocycles. The Morgan fingerprint density at radius 1 is 1.42 bits per heavy atom. The Kier molecular flexibility index (Phi) is 3.74. The maximum atomic E-state index is 4.24. The highest BCUT2D eigenvalue weighted by molar-refractivity contribution is 5.01. The zero-order chi connectivity index (χ0) is 8.81. The van der Waals surface area contributed by atoms with Crippen LogP contribution in [0, 0.1) is 6.07 Å². The largest absolute Gasteiger partial charge is 0.298 e. The molecule has 1 heterocycles. The molecule has 65 valence electrons. The van der Waals surface area contributed by atoms with Gasteiger partial charge >= 0.3 is 0 Å². The molecule has 1 rings (SSSR count). The molecule has 0 spiro atoms. The average Bonchev–Trinajstić information content (AvgIpc) is 2.16. The molecular weight excluding hydrogens is 148 g/mol. The van der Waals surface area contributed by atoms with E-state index in [4.69, 9.17) is 0 Å². The van der Waals surface area contributed by atoms with Crippen molar-refractivity contribution in [1.29, 1.82) is 0 Å². The van der Waals surface area contributed by atoms with Crippen molar-refractivity contribution in [2.45, 2.75) is 20.4 Å². The summed E-state index contributed by atoms with van der Waals surface area (Å²) in [6.07, 6.45) is 1.79. The van der Waals surface area contributed by atoms with Crippen molar-refractivity contribution in [3.05, 3.63) is 30.1 Å². The lowest BCUT2D eigenvalue weighted by Gasteiger charge is -2.16. The Morgan fingerprint density at radius 2 is 2.17 bits per heavy atom. The van der Waals surface area contributed by atoms with Crippen LogP contribution in [0.25, 0.3) is 0 Å². The molecule has 0 saturated carbocycles. The van der Waals surface area contributed by atoms with Gasteiger partial charge in [0.25, 0.3) is 0 Å². The molecule has 1 aromatic heterocycles. The van der Waals surface area contributed by atoms with Crippen LogP contribution in [0.3, 0.4) is 0 Å². The van der Waals surface area contributed by atoms with E-state index < -0.39 is 0 Å². The zero-order valence-electron chi connectivity index (χ0n) is 7.75. The average molecular weight is 163 g/mol. The van der Waals surface area contributed by atoms with Crippen LogP contribution >= 0.6 is 0 Å². The second-order valence-electron chi connectivity index (χ2n) is 2.71. The number of pyridine rings is 1. The fraction of sp³-hybridized carbons (Fsp3) is 0.500. The molecule has 2 heteroatoms. The van der Waals surface area contributed by atoms with Gasteiger partial charge in [-0.1, -0.05) is 13.8 Å². The van der Waals surface area contributed by atoms with E-state index in [-0.39, 0.29) is 0 Å². The van der Waals surface area contributed by atoms with Crippen LogP contribution in [0.4, 0.5) is 0 Å². The summed E-state index contributed by atoms with van der Waals surface area (Å²) in [4.78, 5) is 6.57. The highest BCUT2D eigenvalue weighted by Gasteiger charge is 1.99. The highest BCUT2D eigenvalue weighted by Crippen LogP contribution is 1.98. The van der Waals surface area contributed by atoms with E-state index in [1.165, 1.54) is 0 Å². The van der Waals surface area contributed by atoms with Crippen molar-refractivity contribution in [3.63, 3.8) is 0 Å². The smallest absolute Gasteiger partial charge is 0.0550 e. The predicted molar refractivity (Wildman–Crippen MR) is 49.7 cm³/mol. The van der Waals surface area contributed by atoms with Gasteiger partial charge in [-0.05, 0) is 31.3 Å². The third kappa shape index (κ3) is 2.62. The molecule has 12 heavy (non-hydrogen) atoms. The summed E-state index contributed by atoms with van der Waals surface area (Å²) in [5.74, 6) is 0. The van der Waals surface area contributed by atoms with Crippen LogP contribution in [0.15, 0.2) is 18.3 Å². The summed E-state index contributed by atoms with van der Waals surface area (Å²) in [6, 6.07) is 6.79. The highest BCUT2D eigenvalue weighted by atomic mass is 15.1. The lowest BCUT2D eigenvalue weighted by molar-refractivity contribution is 0.292. The van der Waals surface area contributed by atoms with Gasteiger partial charge in [0.1, 0.15) is 0 Å². The fourth-order valence-electron chi connectivity index (χ4n) is 1.12. The topological polar surface area (TPSA) is 16.1 Å². The molecule has 1 aromatic rings. The molecule has 1 radical (unpaired) electrons. The zero-order valence-corrected chi connectivity index (χ0v) is 7.75. The van der Waals surface area contributed by atoms with Crippen LogP contribution < -0.4 is 0 Å². The number of nitrogens with zero attached hydrogens (tertiary/aromatic N) is 2. The van der Waals surface area contributed by atoms with Crippen molar-refractivity contribution in [3.8, 4) is 0 Å². The first-order valence-corrected chi connectivity index (χ1v) is 4.40. The molecule has 0 N–H and O–H groups in total. The van der Waals surface area contributed by atoms with Crippen LogP contribution in [0.5, 0.6) is 0 Å². The third-order valence-electron chi connectivity index (χ3n) is 1.94. The van der Waals surface area contributed by atoms with Gasteiger partial charge in [0, 0.05) is 12.7 Å². The second-order valence-corrected chi connectivity index (χ2v) is 2.71. The summed E-state index contributed by atoms with van der Waals surface area (Å²) < 4.78 is 0. The first-order valence-electron chi connectivity index (χ1n) is 4.40. The molecule has 0 atom stereocenters. The summed E-state index contributed by atoms with van der Waals surface area (Å²) in [5.41, 5.74) is 1.10. The molecule has 2 nitrogen and oxygen atoms in total. The van der Waals surface area contributed by atoms with Crippen molar-refractivity contribution in [2.24, 2.45) is 0 Å². The molecule has 0 aromatic carbocycles. The quantitative estimate of drug-likeness (QED) is 0.672. The molecule has 0 saturated heterocycles. The van der Waals surface area contributed by atoms with Crippen molar-refractivity contribution < 1.29 is 0 Å². The monoisotopic (exact) mass is 163 g/mol. The first-order chi connectivity index (χ1) is 5.86. The number of hydrogen-bond donors (Lipinski definition) is 0. The lowest BCUT2D eigenvalue weighted by Crippen LogP contribution is -2.22. The van der Waals surface area contributed by atoms with Crippen LogP contribution in [0.1, 0.15) is 19.5 Å². The predicted octanol–water partition coefficient (Wildman–Crippen LogP) is 1.72.